The van der Waals surface area contributed by atoms with Gasteiger partial charge in [0.05, 0.1) is 12.1 Å². The molecule has 6 aliphatic rings. The fraction of sp³-hybridized carbons (Fsp3) is 0.674. The molecule has 0 radical (unpaired) electrons. The van der Waals surface area contributed by atoms with E-state index in [1.807, 2.05) is 6.07 Å². The number of carbonyl (C=O) groups is 2. The van der Waals surface area contributed by atoms with Gasteiger partial charge in [-0.25, -0.2) is 0 Å². The molecule has 1 N–H and O–H groups in total. The molecule has 1 amide bonds. The molecule has 7 atom stereocenters. The van der Waals surface area contributed by atoms with Crippen LogP contribution in [0.3, 0.4) is 0 Å². The predicted octanol–water partition coefficient (Wildman–Crippen LogP) is 7.39. The highest BCUT2D eigenvalue weighted by atomic mass is 16.6. The molecule has 2 heterocycles. The molecule has 4 aliphatic carbocycles. The summed E-state index contributed by atoms with van der Waals surface area (Å²) >= 11 is 0. The largest absolute Gasteiger partial charge is 0.483 e. The second kappa shape index (κ2) is 14.6. The number of carbonyl (C=O) groups excluding carboxylic acids is 2. The summed E-state index contributed by atoms with van der Waals surface area (Å²) < 4.78 is 13.0. The molecule has 1 saturated heterocycles. The number of unbranched alkanes of at least 4 members (excludes halogenated alkanes) is 2. The van der Waals surface area contributed by atoms with E-state index < -0.39 is 0 Å². The number of nitrogens with zero attached hydrogens (tertiary/aromatic N) is 2. The Labute approximate surface area is 299 Å². The molecule has 8 rings (SSSR count). The van der Waals surface area contributed by atoms with Crippen LogP contribution in [-0.4, -0.2) is 70.7 Å². The van der Waals surface area contributed by atoms with E-state index in [4.69, 9.17) is 9.47 Å². The van der Waals surface area contributed by atoms with Crippen LogP contribution in [-0.2, 0) is 27.8 Å². The Balaban J connectivity index is 1.06. The molecule has 2 bridgehead atoms. The van der Waals surface area contributed by atoms with Crippen LogP contribution in [0.5, 0.6) is 11.5 Å². The van der Waals surface area contributed by atoms with Crippen LogP contribution in [0, 0.1) is 17.8 Å². The van der Waals surface area contributed by atoms with Gasteiger partial charge in [-0.2, -0.15) is 0 Å². The van der Waals surface area contributed by atoms with E-state index in [0.29, 0.717) is 36.0 Å². The highest BCUT2D eigenvalue weighted by Gasteiger charge is 2.67. The number of piperidine rings is 1. The third-order valence-corrected chi connectivity index (χ3v) is 13.6. The molecule has 2 aromatic carbocycles. The Bertz CT molecular complexity index is 1520. The van der Waals surface area contributed by atoms with Crippen molar-refractivity contribution in [2.24, 2.45) is 17.8 Å². The first-order valence-electron chi connectivity index (χ1n) is 20.2. The van der Waals surface area contributed by atoms with Crippen LogP contribution >= 0.6 is 0 Å². The number of likely N-dealkylation sites (tertiary alicyclic amines) is 1. The van der Waals surface area contributed by atoms with Crippen LogP contribution in [0.1, 0.15) is 120 Å². The third kappa shape index (κ3) is 6.62. The van der Waals surface area contributed by atoms with Crippen molar-refractivity contribution in [3.8, 4) is 11.5 Å². The summed E-state index contributed by atoms with van der Waals surface area (Å²) in [5, 5.41) is 10.2. The zero-order valence-corrected chi connectivity index (χ0v) is 30.2. The Morgan fingerprint density at radius 1 is 1.00 bits per heavy atom. The normalized spacial score (nSPS) is 31.1. The smallest absolute Gasteiger partial charge is 0.308 e. The van der Waals surface area contributed by atoms with E-state index in [0.717, 1.165) is 95.5 Å². The molecule has 50 heavy (non-hydrogen) atoms. The first-order chi connectivity index (χ1) is 24.4. The molecular formula is C43H58N2O5. The van der Waals surface area contributed by atoms with E-state index in [9.17, 15) is 14.7 Å². The molecule has 3 saturated carbocycles. The Morgan fingerprint density at radius 3 is 2.60 bits per heavy atom. The quantitative estimate of drug-likeness (QED) is 0.127. The van der Waals surface area contributed by atoms with Gasteiger partial charge in [0.25, 0.3) is 0 Å². The maximum atomic E-state index is 14.4. The molecule has 0 aromatic heterocycles. The molecule has 7 heteroatoms. The van der Waals surface area contributed by atoms with Gasteiger partial charge in [0.2, 0.25) is 5.91 Å². The minimum atomic E-state index is -0.333. The van der Waals surface area contributed by atoms with Crippen molar-refractivity contribution in [3.05, 3.63) is 59.2 Å². The van der Waals surface area contributed by atoms with Gasteiger partial charge in [0.1, 0.15) is 6.10 Å². The number of esters is 1. The van der Waals surface area contributed by atoms with Gasteiger partial charge >= 0.3 is 5.97 Å². The third-order valence-electron chi connectivity index (χ3n) is 13.6. The first kappa shape index (κ1) is 34.2. The first-order valence-corrected chi connectivity index (χ1v) is 20.2. The van der Waals surface area contributed by atoms with Gasteiger partial charge in [0, 0.05) is 49.4 Å². The highest BCUT2D eigenvalue weighted by molar-refractivity contribution is 5.77. The highest BCUT2D eigenvalue weighted by Crippen LogP contribution is 2.64. The second-order valence-corrected chi connectivity index (χ2v) is 16.7. The zero-order valence-electron chi connectivity index (χ0n) is 30.2. The van der Waals surface area contributed by atoms with Crippen LogP contribution in [0.15, 0.2) is 42.5 Å². The lowest BCUT2D eigenvalue weighted by Crippen LogP contribution is -2.69. The number of benzene rings is 2. The van der Waals surface area contributed by atoms with E-state index >= 15 is 0 Å². The summed E-state index contributed by atoms with van der Waals surface area (Å²) in [6.07, 6.45) is 18.4. The van der Waals surface area contributed by atoms with Crippen molar-refractivity contribution in [3.63, 3.8) is 0 Å². The van der Waals surface area contributed by atoms with Gasteiger partial charge in [-0.15, -0.1) is 0 Å². The Hall–Kier alpha value is -2.90. The lowest BCUT2D eigenvalue weighted by molar-refractivity contribution is -0.143. The van der Waals surface area contributed by atoms with E-state index in [-0.39, 0.29) is 29.6 Å². The van der Waals surface area contributed by atoms with Crippen molar-refractivity contribution in [1.82, 2.24) is 9.80 Å². The molecule has 1 spiro atoms. The van der Waals surface area contributed by atoms with E-state index in [1.54, 1.807) is 0 Å². The monoisotopic (exact) mass is 682 g/mol. The molecule has 2 unspecified atom stereocenters. The zero-order chi connectivity index (χ0) is 34.2. The standard InChI is InChI=1S/C43H58N2O5/c1-29(46)49-38-22-19-32-26-36-34-20-21-35(42-43(34,40(32)41(38)50-42)23-25-44(36)28-33-27-37(33)47)45(24-11-10-17-31-14-6-3-7-15-31)39(48)18-9-8-16-30-12-4-2-5-13-30/h3,6-7,14-15,19,22,30,33-37,42,47H,2,4-5,8-13,16-18,20-21,23-28H2,1H3/t33?,34-,35-,36+,37?,42-,43-/m0/s1. The molecular weight excluding hydrogens is 624 g/mol. The van der Waals surface area contributed by atoms with Gasteiger partial charge in [-0.3, -0.25) is 14.5 Å². The molecule has 2 aromatic rings. The topological polar surface area (TPSA) is 79.3 Å². The summed E-state index contributed by atoms with van der Waals surface area (Å²) in [7, 11) is 0. The van der Waals surface area contributed by atoms with Gasteiger partial charge in [0.15, 0.2) is 11.5 Å². The van der Waals surface area contributed by atoms with Crippen molar-refractivity contribution in [2.45, 2.75) is 146 Å². The minimum absolute atomic E-state index is 0.00481. The molecule has 2 aliphatic heterocycles. The average molecular weight is 683 g/mol. The van der Waals surface area contributed by atoms with Crippen LogP contribution in [0.2, 0.25) is 0 Å². The molecule has 7 nitrogen and oxygen atoms in total. The summed E-state index contributed by atoms with van der Waals surface area (Å²) in [6.45, 7) is 4.16. The second-order valence-electron chi connectivity index (χ2n) is 16.7. The predicted molar refractivity (Wildman–Crippen MR) is 194 cm³/mol. The Morgan fingerprint density at radius 2 is 1.82 bits per heavy atom. The fourth-order valence-electron chi connectivity index (χ4n) is 11.2. The van der Waals surface area contributed by atoms with E-state index in [2.05, 4.69) is 46.2 Å². The van der Waals surface area contributed by atoms with Gasteiger partial charge in [-0.05, 0) is 93.4 Å². The SMILES string of the molecule is CC(=O)Oc1ccc2c3c1O[C@H]1[C@@H](N(CCCCc4ccccc4)C(=O)CCCCC4CCCCC4)CC[C@H]4[C@@H](C2)N(CC2CC2O)CC[C@@]341. The fourth-order valence-corrected chi connectivity index (χ4v) is 11.2. The summed E-state index contributed by atoms with van der Waals surface area (Å²) in [5.74, 6) is 2.90. The van der Waals surface area contributed by atoms with Crippen molar-refractivity contribution >= 4 is 11.9 Å². The number of aryl methyl sites for hydroxylation is 1. The van der Waals surface area contributed by atoms with Crippen LogP contribution in [0.25, 0.3) is 0 Å². The number of aliphatic hydroxyl groups is 1. The van der Waals surface area contributed by atoms with Crippen LogP contribution < -0.4 is 9.47 Å². The molecule has 270 valence electrons. The average Bonchev–Trinajstić information content (AvgIpc) is 3.71. The number of amides is 1. The Kier molecular flexibility index (Phi) is 10.00. The van der Waals surface area contributed by atoms with E-state index in [1.165, 1.54) is 62.1 Å². The minimum Gasteiger partial charge on any atom is -0.483 e. The number of hydrogen-bond donors (Lipinski definition) is 1. The summed E-state index contributed by atoms with van der Waals surface area (Å²) in [6, 6.07) is 15.2. The van der Waals surface area contributed by atoms with Gasteiger partial charge < -0.3 is 19.5 Å². The lowest BCUT2D eigenvalue weighted by atomic mass is 9.51. The maximum absolute atomic E-state index is 14.4. The van der Waals surface area contributed by atoms with Crippen molar-refractivity contribution in [2.75, 3.05) is 19.6 Å². The number of hydrogen-bond acceptors (Lipinski definition) is 6. The summed E-state index contributed by atoms with van der Waals surface area (Å²) in [4.78, 5) is 31.6. The number of ether oxygens (including phenoxy) is 2. The van der Waals surface area contributed by atoms with Crippen molar-refractivity contribution < 1.29 is 24.2 Å². The van der Waals surface area contributed by atoms with Gasteiger partial charge in [-0.1, -0.05) is 81.3 Å². The maximum Gasteiger partial charge on any atom is 0.308 e. The van der Waals surface area contributed by atoms with Crippen molar-refractivity contribution in [1.29, 1.82) is 0 Å². The number of aliphatic hydroxyl groups excluding tert-OH is 1. The molecule has 4 fully saturated rings. The summed E-state index contributed by atoms with van der Waals surface area (Å²) in [5.41, 5.74) is 3.73. The lowest BCUT2D eigenvalue weighted by Gasteiger charge is -2.60. The van der Waals surface area contributed by atoms with Crippen LogP contribution in [0.4, 0.5) is 0 Å². The number of rotatable bonds is 14.